The van der Waals surface area contributed by atoms with Crippen LogP contribution in [0.1, 0.15) is 11.4 Å². The molecule has 0 aliphatic heterocycles. The Balaban J connectivity index is 2.08. The molecule has 0 atom stereocenters. The first-order chi connectivity index (χ1) is 8.13. The van der Waals surface area contributed by atoms with Gasteiger partial charge < -0.3 is 5.11 Å². The van der Waals surface area contributed by atoms with Gasteiger partial charge in [-0.3, -0.25) is 9.78 Å². The Bertz CT molecular complexity index is 540. The highest BCUT2D eigenvalue weighted by molar-refractivity contribution is 8.01. The molecule has 0 fully saturated rings. The predicted molar refractivity (Wildman–Crippen MR) is 66.6 cm³/mol. The molecule has 2 heterocycles. The van der Waals surface area contributed by atoms with Gasteiger partial charge in [-0.25, -0.2) is 4.98 Å². The van der Waals surface area contributed by atoms with E-state index in [1.165, 1.54) is 23.1 Å². The lowest BCUT2D eigenvalue weighted by Crippen LogP contribution is -1.99. The van der Waals surface area contributed by atoms with Crippen LogP contribution in [-0.2, 0) is 11.2 Å². The van der Waals surface area contributed by atoms with Gasteiger partial charge in [0.05, 0.1) is 12.1 Å². The van der Waals surface area contributed by atoms with Crippen LogP contribution in [0.4, 0.5) is 0 Å². The van der Waals surface area contributed by atoms with Crippen molar-refractivity contribution >= 4 is 29.1 Å². The van der Waals surface area contributed by atoms with E-state index in [0.29, 0.717) is 5.69 Å². The van der Waals surface area contributed by atoms with E-state index in [4.69, 9.17) is 5.11 Å². The van der Waals surface area contributed by atoms with Crippen molar-refractivity contribution in [2.24, 2.45) is 0 Å². The maximum absolute atomic E-state index is 10.5. The largest absolute Gasteiger partial charge is 0.481 e. The Hall–Kier alpha value is -1.40. The summed E-state index contributed by atoms with van der Waals surface area (Å²) in [5.74, 6) is -0.855. The van der Waals surface area contributed by atoms with E-state index in [0.717, 1.165) is 14.9 Å². The number of aryl methyl sites for hydroxylation is 1. The zero-order valence-electron chi connectivity index (χ0n) is 9.08. The summed E-state index contributed by atoms with van der Waals surface area (Å²) < 4.78 is 0.854. The average molecular weight is 266 g/mol. The quantitative estimate of drug-likeness (QED) is 0.921. The number of hydrogen-bond acceptors (Lipinski definition) is 5. The molecule has 2 aromatic rings. The summed E-state index contributed by atoms with van der Waals surface area (Å²) >= 11 is 2.98. The second-order valence-electron chi connectivity index (χ2n) is 3.41. The lowest BCUT2D eigenvalue weighted by molar-refractivity contribution is -0.136. The van der Waals surface area contributed by atoms with Gasteiger partial charge in [0.1, 0.15) is 0 Å². The molecule has 0 radical (unpaired) electrons. The Labute approximate surface area is 107 Å². The molecule has 0 aromatic carbocycles. The molecule has 1 N–H and O–H groups in total. The van der Waals surface area contributed by atoms with Crippen LogP contribution in [0, 0.1) is 6.92 Å². The van der Waals surface area contributed by atoms with Crippen molar-refractivity contribution in [1.82, 2.24) is 9.97 Å². The van der Waals surface area contributed by atoms with Crippen molar-refractivity contribution in [3.63, 3.8) is 0 Å². The number of rotatable bonds is 4. The lowest BCUT2D eigenvalue weighted by Gasteiger charge is -1.97. The molecule has 0 saturated carbocycles. The van der Waals surface area contributed by atoms with Crippen molar-refractivity contribution in [2.75, 3.05) is 0 Å². The Morgan fingerprint density at radius 3 is 3.12 bits per heavy atom. The number of carboxylic acid groups (broad SMARTS) is 1. The summed E-state index contributed by atoms with van der Waals surface area (Å²) in [7, 11) is 0. The first-order valence-corrected chi connectivity index (χ1v) is 6.60. The number of pyridine rings is 1. The van der Waals surface area contributed by atoms with Crippen LogP contribution < -0.4 is 0 Å². The monoisotopic (exact) mass is 266 g/mol. The number of carboxylic acids is 1. The van der Waals surface area contributed by atoms with E-state index in [1.54, 1.807) is 11.6 Å². The van der Waals surface area contributed by atoms with Crippen LogP contribution in [-0.4, -0.2) is 21.0 Å². The zero-order chi connectivity index (χ0) is 12.3. The SMILES string of the molecule is Cc1cc(Sc2nc(CC(=O)O)cs2)ccn1. The fourth-order valence-electron chi connectivity index (χ4n) is 1.26. The highest BCUT2D eigenvalue weighted by atomic mass is 32.2. The number of carbonyl (C=O) groups is 1. The molecular formula is C11H10N2O2S2. The summed E-state index contributed by atoms with van der Waals surface area (Å²) in [6, 6.07) is 3.89. The van der Waals surface area contributed by atoms with Crippen molar-refractivity contribution < 1.29 is 9.90 Å². The van der Waals surface area contributed by atoms with Crippen LogP contribution in [0.15, 0.2) is 32.9 Å². The first-order valence-electron chi connectivity index (χ1n) is 4.90. The zero-order valence-corrected chi connectivity index (χ0v) is 10.7. The summed E-state index contributed by atoms with van der Waals surface area (Å²) in [6.45, 7) is 1.93. The highest BCUT2D eigenvalue weighted by Gasteiger charge is 2.07. The van der Waals surface area contributed by atoms with Gasteiger partial charge >= 0.3 is 5.97 Å². The van der Waals surface area contributed by atoms with Gasteiger partial charge in [0.15, 0.2) is 4.34 Å². The maximum Gasteiger partial charge on any atom is 0.309 e. The average Bonchev–Trinajstić information content (AvgIpc) is 2.64. The second-order valence-corrected chi connectivity index (χ2v) is 5.59. The normalized spacial score (nSPS) is 10.4. The molecule has 0 aliphatic rings. The molecular weight excluding hydrogens is 256 g/mol. The number of aromatic nitrogens is 2. The number of thiazole rings is 1. The molecule has 0 saturated heterocycles. The van der Waals surface area contributed by atoms with Crippen molar-refractivity contribution in [1.29, 1.82) is 0 Å². The van der Waals surface area contributed by atoms with E-state index in [1.807, 2.05) is 19.1 Å². The number of aliphatic carboxylic acids is 1. The van der Waals surface area contributed by atoms with E-state index < -0.39 is 5.97 Å². The molecule has 17 heavy (non-hydrogen) atoms. The van der Waals surface area contributed by atoms with Crippen molar-refractivity contribution in [3.8, 4) is 0 Å². The lowest BCUT2D eigenvalue weighted by atomic mass is 10.3. The maximum atomic E-state index is 10.5. The Morgan fingerprint density at radius 1 is 1.59 bits per heavy atom. The van der Waals surface area contributed by atoms with Gasteiger partial charge in [-0.2, -0.15) is 0 Å². The Morgan fingerprint density at radius 2 is 2.41 bits per heavy atom. The van der Waals surface area contributed by atoms with E-state index in [2.05, 4.69) is 9.97 Å². The van der Waals surface area contributed by atoms with Crippen molar-refractivity contribution in [3.05, 3.63) is 35.1 Å². The summed E-state index contributed by atoms with van der Waals surface area (Å²) in [5.41, 5.74) is 1.56. The molecule has 2 aromatic heterocycles. The minimum atomic E-state index is -0.855. The molecule has 4 nitrogen and oxygen atoms in total. The third kappa shape index (κ3) is 3.54. The van der Waals surface area contributed by atoms with Gasteiger partial charge in [0, 0.05) is 22.2 Å². The van der Waals surface area contributed by atoms with E-state index >= 15 is 0 Å². The van der Waals surface area contributed by atoms with Crippen LogP contribution in [0.3, 0.4) is 0 Å². The second kappa shape index (κ2) is 5.29. The molecule has 2 rings (SSSR count). The van der Waals surface area contributed by atoms with Crippen LogP contribution in [0.25, 0.3) is 0 Å². The standard InChI is InChI=1S/C11H10N2O2S2/c1-7-4-9(2-3-12-7)17-11-13-8(6-16-11)5-10(14)15/h2-4,6H,5H2,1H3,(H,14,15). The summed E-state index contributed by atoms with van der Waals surface area (Å²) in [4.78, 5) is 20.0. The number of nitrogens with zero attached hydrogens (tertiary/aromatic N) is 2. The molecule has 0 unspecified atom stereocenters. The summed E-state index contributed by atoms with van der Waals surface area (Å²) in [5, 5.41) is 10.4. The molecule has 0 bridgehead atoms. The third-order valence-corrected chi connectivity index (χ3v) is 3.91. The molecule has 0 spiro atoms. The highest BCUT2D eigenvalue weighted by Crippen LogP contribution is 2.30. The van der Waals surface area contributed by atoms with Gasteiger partial charge in [-0.15, -0.1) is 11.3 Å². The third-order valence-electron chi connectivity index (χ3n) is 1.94. The smallest absolute Gasteiger partial charge is 0.309 e. The minimum absolute atomic E-state index is 0.0214. The van der Waals surface area contributed by atoms with E-state index in [9.17, 15) is 4.79 Å². The van der Waals surface area contributed by atoms with Gasteiger partial charge in [-0.05, 0) is 19.1 Å². The number of hydrogen-bond donors (Lipinski definition) is 1. The molecule has 6 heteroatoms. The molecule has 0 amide bonds. The fraction of sp³-hybridized carbons (Fsp3) is 0.182. The van der Waals surface area contributed by atoms with Gasteiger partial charge in [0.2, 0.25) is 0 Å². The van der Waals surface area contributed by atoms with E-state index in [-0.39, 0.29) is 6.42 Å². The minimum Gasteiger partial charge on any atom is -0.481 e. The fourth-order valence-corrected chi connectivity index (χ4v) is 3.15. The first kappa shape index (κ1) is 12.1. The predicted octanol–water partition coefficient (Wildman–Crippen LogP) is 2.62. The van der Waals surface area contributed by atoms with Crippen LogP contribution in [0.2, 0.25) is 0 Å². The van der Waals surface area contributed by atoms with Crippen LogP contribution >= 0.6 is 23.1 Å². The topological polar surface area (TPSA) is 63.1 Å². The van der Waals surface area contributed by atoms with Gasteiger partial charge in [0.25, 0.3) is 0 Å². The molecule has 88 valence electrons. The molecule has 0 aliphatic carbocycles. The summed E-state index contributed by atoms with van der Waals surface area (Å²) in [6.07, 6.45) is 1.73. The Kier molecular flexibility index (Phi) is 3.75. The van der Waals surface area contributed by atoms with Crippen LogP contribution in [0.5, 0.6) is 0 Å². The van der Waals surface area contributed by atoms with Crippen molar-refractivity contribution in [2.45, 2.75) is 22.6 Å². The van der Waals surface area contributed by atoms with Gasteiger partial charge in [-0.1, -0.05) is 11.8 Å².